The van der Waals surface area contributed by atoms with Crippen LogP contribution in [-0.2, 0) is 4.74 Å². The monoisotopic (exact) mass is 333 g/mol. The Morgan fingerprint density at radius 3 is 2.54 bits per heavy atom. The Labute approximate surface area is 140 Å². The number of carbonyl (C=O) groups excluding carboxylic acids is 1. The molecule has 0 spiro atoms. The van der Waals surface area contributed by atoms with Crippen molar-refractivity contribution in [2.75, 3.05) is 20.2 Å². The van der Waals surface area contributed by atoms with Crippen LogP contribution >= 0.6 is 0 Å². The zero-order valence-electron chi connectivity index (χ0n) is 14.5. The molecule has 3 heterocycles. The predicted molar refractivity (Wildman–Crippen MR) is 87.1 cm³/mol. The number of piperidine rings is 1. The van der Waals surface area contributed by atoms with Gasteiger partial charge in [0.25, 0.3) is 0 Å². The number of aromatic nitrogens is 4. The highest BCUT2D eigenvalue weighted by atomic mass is 16.6. The number of hydrogen-bond donors (Lipinski definition) is 0. The fourth-order valence-corrected chi connectivity index (χ4v) is 2.80. The summed E-state index contributed by atoms with van der Waals surface area (Å²) in [7, 11) is 1.58. The molecule has 1 aliphatic rings. The van der Waals surface area contributed by atoms with Crippen LogP contribution in [0.4, 0.5) is 4.79 Å². The SMILES string of the molecule is COc1ccc2nnc(C3CCN(C(=O)OC(C)(C)C)CC3)n2n1. The van der Waals surface area contributed by atoms with Gasteiger partial charge in [0, 0.05) is 25.1 Å². The molecule has 3 rings (SSSR count). The van der Waals surface area contributed by atoms with E-state index in [0.29, 0.717) is 24.6 Å². The van der Waals surface area contributed by atoms with Gasteiger partial charge in [-0.25, -0.2) is 4.79 Å². The van der Waals surface area contributed by atoms with Crippen molar-refractivity contribution in [1.82, 2.24) is 24.7 Å². The van der Waals surface area contributed by atoms with E-state index < -0.39 is 5.60 Å². The van der Waals surface area contributed by atoms with Crippen LogP contribution in [-0.4, -0.2) is 56.6 Å². The van der Waals surface area contributed by atoms with Gasteiger partial charge in [-0.1, -0.05) is 0 Å². The third-order valence-corrected chi connectivity index (χ3v) is 3.98. The first-order valence-corrected chi connectivity index (χ1v) is 8.11. The molecule has 1 aliphatic heterocycles. The van der Waals surface area contributed by atoms with Gasteiger partial charge in [-0.3, -0.25) is 0 Å². The van der Waals surface area contributed by atoms with E-state index in [-0.39, 0.29) is 12.0 Å². The fourth-order valence-electron chi connectivity index (χ4n) is 2.80. The van der Waals surface area contributed by atoms with Crippen molar-refractivity contribution in [2.24, 2.45) is 0 Å². The van der Waals surface area contributed by atoms with Crippen molar-refractivity contribution >= 4 is 11.7 Å². The highest BCUT2D eigenvalue weighted by Gasteiger charge is 2.29. The van der Waals surface area contributed by atoms with Crippen LogP contribution in [0.15, 0.2) is 12.1 Å². The Kier molecular flexibility index (Phi) is 4.29. The van der Waals surface area contributed by atoms with Gasteiger partial charge in [-0.2, -0.15) is 4.52 Å². The minimum atomic E-state index is -0.475. The van der Waals surface area contributed by atoms with E-state index in [4.69, 9.17) is 9.47 Å². The molecule has 1 fully saturated rings. The first kappa shape index (κ1) is 16.5. The van der Waals surface area contributed by atoms with Crippen molar-refractivity contribution in [3.05, 3.63) is 18.0 Å². The molecule has 0 aromatic carbocycles. The van der Waals surface area contributed by atoms with E-state index in [1.165, 1.54) is 0 Å². The van der Waals surface area contributed by atoms with Crippen LogP contribution in [0.5, 0.6) is 5.88 Å². The van der Waals surface area contributed by atoms with Crippen LogP contribution in [0, 0.1) is 0 Å². The lowest BCUT2D eigenvalue weighted by Gasteiger charge is -2.32. The molecule has 24 heavy (non-hydrogen) atoms. The molecule has 1 saturated heterocycles. The Morgan fingerprint density at radius 1 is 1.21 bits per heavy atom. The molecule has 130 valence electrons. The molecule has 8 heteroatoms. The minimum Gasteiger partial charge on any atom is -0.480 e. The summed E-state index contributed by atoms with van der Waals surface area (Å²) in [4.78, 5) is 13.9. The summed E-state index contributed by atoms with van der Waals surface area (Å²) in [6.45, 7) is 6.90. The van der Waals surface area contributed by atoms with E-state index in [0.717, 1.165) is 18.7 Å². The van der Waals surface area contributed by atoms with Gasteiger partial charge < -0.3 is 14.4 Å². The molecule has 0 N–H and O–H groups in total. The predicted octanol–water partition coefficient (Wildman–Crippen LogP) is 2.25. The molecule has 0 bridgehead atoms. The van der Waals surface area contributed by atoms with Crippen LogP contribution in [0.1, 0.15) is 45.4 Å². The molecular weight excluding hydrogens is 310 g/mol. The number of nitrogens with zero attached hydrogens (tertiary/aromatic N) is 5. The summed E-state index contributed by atoms with van der Waals surface area (Å²) in [6.07, 6.45) is 1.35. The normalized spacial score (nSPS) is 16.4. The second-order valence-electron chi connectivity index (χ2n) is 6.95. The summed E-state index contributed by atoms with van der Waals surface area (Å²) in [6, 6.07) is 3.59. The quantitative estimate of drug-likeness (QED) is 0.838. The third-order valence-electron chi connectivity index (χ3n) is 3.98. The summed E-state index contributed by atoms with van der Waals surface area (Å²) in [5, 5.41) is 12.8. The maximum atomic E-state index is 12.1. The zero-order valence-corrected chi connectivity index (χ0v) is 14.5. The highest BCUT2D eigenvalue weighted by molar-refractivity contribution is 5.68. The number of carbonyl (C=O) groups is 1. The Hall–Kier alpha value is -2.38. The molecule has 2 aromatic heterocycles. The lowest BCUT2D eigenvalue weighted by atomic mass is 9.96. The standard InChI is InChI=1S/C16H23N5O3/c1-16(2,3)24-15(22)20-9-7-11(8-10-20)14-18-17-12-5-6-13(23-4)19-21(12)14/h5-6,11H,7-10H2,1-4H3. The number of methoxy groups -OCH3 is 1. The smallest absolute Gasteiger partial charge is 0.410 e. The van der Waals surface area contributed by atoms with Crippen molar-refractivity contribution in [3.63, 3.8) is 0 Å². The molecule has 0 radical (unpaired) electrons. The van der Waals surface area contributed by atoms with Gasteiger partial charge in [-0.05, 0) is 39.7 Å². The van der Waals surface area contributed by atoms with E-state index in [2.05, 4.69) is 15.3 Å². The van der Waals surface area contributed by atoms with Crippen molar-refractivity contribution in [1.29, 1.82) is 0 Å². The molecule has 0 aliphatic carbocycles. The van der Waals surface area contributed by atoms with E-state index in [9.17, 15) is 4.79 Å². The average molecular weight is 333 g/mol. The second kappa shape index (κ2) is 6.26. The Balaban J connectivity index is 1.70. The Bertz CT molecular complexity index is 729. The first-order chi connectivity index (χ1) is 11.4. The third kappa shape index (κ3) is 3.42. The molecule has 0 atom stereocenters. The van der Waals surface area contributed by atoms with Crippen LogP contribution in [0.25, 0.3) is 5.65 Å². The summed E-state index contributed by atoms with van der Waals surface area (Å²) < 4.78 is 12.3. The van der Waals surface area contributed by atoms with Crippen molar-refractivity contribution in [3.8, 4) is 5.88 Å². The Morgan fingerprint density at radius 2 is 1.92 bits per heavy atom. The van der Waals surface area contributed by atoms with Gasteiger partial charge in [0.05, 0.1) is 7.11 Å². The molecule has 1 amide bonds. The number of fused-ring (bicyclic) bond motifs is 1. The van der Waals surface area contributed by atoms with E-state index in [1.54, 1.807) is 22.6 Å². The zero-order chi connectivity index (χ0) is 17.3. The average Bonchev–Trinajstić information content (AvgIpc) is 2.96. The largest absolute Gasteiger partial charge is 0.480 e. The lowest BCUT2D eigenvalue weighted by Crippen LogP contribution is -2.41. The van der Waals surface area contributed by atoms with Gasteiger partial charge in [0.2, 0.25) is 5.88 Å². The van der Waals surface area contributed by atoms with Crippen molar-refractivity contribution < 1.29 is 14.3 Å². The van der Waals surface area contributed by atoms with Gasteiger partial charge in [0.1, 0.15) is 5.60 Å². The number of hydrogen-bond acceptors (Lipinski definition) is 6. The topological polar surface area (TPSA) is 81.9 Å². The molecule has 0 unspecified atom stereocenters. The second-order valence-corrected chi connectivity index (χ2v) is 6.95. The molecule has 8 nitrogen and oxygen atoms in total. The summed E-state index contributed by atoms with van der Waals surface area (Å²) in [5.74, 6) is 1.54. The first-order valence-electron chi connectivity index (χ1n) is 8.11. The van der Waals surface area contributed by atoms with Crippen LogP contribution in [0.3, 0.4) is 0 Å². The van der Waals surface area contributed by atoms with Crippen LogP contribution < -0.4 is 4.74 Å². The van der Waals surface area contributed by atoms with E-state index in [1.807, 2.05) is 26.8 Å². The molecule has 0 saturated carbocycles. The summed E-state index contributed by atoms with van der Waals surface area (Å²) in [5.41, 5.74) is 0.220. The highest BCUT2D eigenvalue weighted by Crippen LogP contribution is 2.28. The van der Waals surface area contributed by atoms with Gasteiger partial charge >= 0.3 is 6.09 Å². The molecular formula is C16H23N5O3. The fraction of sp³-hybridized carbons (Fsp3) is 0.625. The maximum absolute atomic E-state index is 12.1. The number of rotatable bonds is 2. The number of amides is 1. The number of ether oxygens (including phenoxy) is 2. The molecule has 2 aromatic rings. The lowest BCUT2D eigenvalue weighted by molar-refractivity contribution is 0.0203. The van der Waals surface area contributed by atoms with Gasteiger partial charge in [-0.15, -0.1) is 15.3 Å². The van der Waals surface area contributed by atoms with E-state index >= 15 is 0 Å². The minimum absolute atomic E-state index is 0.207. The maximum Gasteiger partial charge on any atom is 0.410 e. The van der Waals surface area contributed by atoms with Crippen LogP contribution in [0.2, 0.25) is 0 Å². The van der Waals surface area contributed by atoms with Gasteiger partial charge in [0.15, 0.2) is 11.5 Å². The summed E-state index contributed by atoms with van der Waals surface area (Å²) >= 11 is 0. The number of likely N-dealkylation sites (tertiary alicyclic amines) is 1. The van der Waals surface area contributed by atoms with Crippen molar-refractivity contribution in [2.45, 2.75) is 45.1 Å².